The van der Waals surface area contributed by atoms with Crippen LogP contribution in [-0.4, -0.2) is 81.5 Å². The first kappa shape index (κ1) is 39.3. The highest BCUT2D eigenvalue weighted by Gasteiger charge is 2.68. The van der Waals surface area contributed by atoms with Gasteiger partial charge in [0.15, 0.2) is 12.4 Å². The smallest absolute Gasteiger partial charge is 0.306 e. The molecule has 0 bridgehead atoms. The lowest BCUT2D eigenvalue weighted by atomic mass is 9.45. The van der Waals surface area contributed by atoms with E-state index in [0.29, 0.717) is 19.3 Å². The Bertz CT molecular complexity index is 1590. The zero-order chi connectivity index (χ0) is 38.0. The molecule has 0 spiro atoms. The molecule has 1 aromatic carbocycles. The van der Waals surface area contributed by atoms with Crippen molar-refractivity contribution in [1.29, 1.82) is 0 Å². The maximum absolute atomic E-state index is 13.6. The highest BCUT2D eigenvalue weighted by Crippen LogP contribution is 2.67. The molecule has 5 N–H and O–H groups in total. The Morgan fingerprint density at radius 3 is 2.38 bits per heavy atom. The lowest BCUT2D eigenvalue weighted by molar-refractivity contribution is -0.184. The molecule has 0 saturated heterocycles. The molecule has 0 radical (unpaired) electrons. The molecule has 12 nitrogen and oxygen atoms in total. The summed E-state index contributed by atoms with van der Waals surface area (Å²) in [5.74, 6) is -4.12. The van der Waals surface area contributed by atoms with Gasteiger partial charge < -0.3 is 30.7 Å². The average molecular weight is 723 g/mol. The van der Waals surface area contributed by atoms with Crippen LogP contribution in [0.25, 0.3) is 0 Å². The monoisotopic (exact) mass is 722 g/mol. The fourth-order valence-corrected chi connectivity index (χ4v) is 10.1. The lowest BCUT2D eigenvalue weighted by Gasteiger charge is -2.60. The molecule has 284 valence electrons. The number of ether oxygens (including phenoxy) is 1. The number of esters is 1. The summed E-state index contributed by atoms with van der Waals surface area (Å²) in [5.41, 5.74) is -1.13. The maximum Gasteiger partial charge on any atom is 0.306 e. The molecule has 3 saturated carbocycles. The van der Waals surface area contributed by atoms with Crippen LogP contribution in [0.2, 0.25) is 0 Å². The number of amides is 2. The van der Waals surface area contributed by atoms with E-state index in [4.69, 9.17) is 4.74 Å². The number of carboxylic acids is 1. The summed E-state index contributed by atoms with van der Waals surface area (Å²) in [6.45, 7) is 6.90. The second-order valence-electron chi connectivity index (χ2n) is 16.3. The maximum atomic E-state index is 13.6. The number of aliphatic hydroxyl groups is 2. The van der Waals surface area contributed by atoms with E-state index in [2.05, 4.69) is 17.6 Å². The van der Waals surface area contributed by atoms with Crippen molar-refractivity contribution in [2.75, 3.05) is 13.2 Å². The Morgan fingerprint density at radius 2 is 1.71 bits per heavy atom. The van der Waals surface area contributed by atoms with Crippen molar-refractivity contribution in [2.45, 2.75) is 116 Å². The van der Waals surface area contributed by atoms with E-state index >= 15 is 0 Å². The number of carbonyl (C=O) groups excluding carboxylic acids is 5. The zero-order valence-corrected chi connectivity index (χ0v) is 30.7. The molecule has 4 aliphatic rings. The normalized spacial score (nSPS) is 32.0. The van der Waals surface area contributed by atoms with Crippen molar-refractivity contribution in [1.82, 2.24) is 10.6 Å². The fraction of sp³-hybridized carbons (Fsp3) is 0.650. The quantitative estimate of drug-likeness (QED) is 0.177. The van der Waals surface area contributed by atoms with Crippen molar-refractivity contribution in [2.24, 2.45) is 34.5 Å². The zero-order valence-electron chi connectivity index (χ0n) is 30.7. The molecule has 5 rings (SSSR count). The molecule has 3 fully saturated rings. The first-order valence-corrected chi connectivity index (χ1v) is 18.7. The van der Waals surface area contributed by atoms with Gasteiger partial charge in [-0.1, -0.05) is 63.6 Å². The van der Waals surface area contributed by atoms with Gasteiger partial charge in [0, 0.05) is 30.7 Å². The number of ketones is 2. The highest BCUT2D eigenvalue weighted by atomic mass is 16.5. The Labute approximate surface area is 305 Å². The third kappa shape index (κ3) is 7.74. The summed E-state index contributed by atoms with van der Waals surface area (Å²) in [4.78, 5) is 75.8. The molecule has 0 heterocycles. The predicted octanol–water partition coefficient (Wildman–Crippen LogP) is 3.63. The summed E-state index contributed by atoms with van der Waals surface area (Å²) >= 11 is 0. The van der Waals surface area contributed by atoms with Gasteiger partial charge in [-0.15, -0.1) is 0 Å². The molecule has 1 aromatic rings. The van der Waals surface area contributed by atoms with E-state index < -0.39 is 65.2 Å². The Morgan fingerprint density at radius 1 is 1.00 bits per heavy atom. The number of hydrogen-bond acceptors (Lipinski definition) is 9. The number of hydrogen-bond donors (Lipinski definition) is 5. The topological polar surface area (TPSA) is 196 Å². The van der Waals surface area contributed by atoms with Crippen molar-refractivity contribution in [3.8, 4) is 0 Å². The average Bonchev–Trinajstić information content (AvgIpc) is 3.37. The Balaban J connectivity index is 1.12. The number of aliphatic hydroxyl groups excluding tert-OH is 1. The van der Waals surface area contributed by atoms with Gasteiger partial charge in [-0.3, -0.25) is 28.8 Å². The largest absolute Gasteiger partial charge is 0.481 e. The molecule has 52 heavy (non-hydrogen) atoms. The molecule has 4 aliphatic carbocycles. The second-order valence-corrected chi connectivity index (χ2v) is 16.3. The third-order valence-electron chi connectivity index (χ3n) is 12.9. The minimum Gasteiger partial charge on any atom is -0.481 e. The van der Waals surface area contributed by atoms with Crippen LogP contribution in [0, 0.1) is 34.5 Å². The number of aliphatic carboxylic acids is 1. The van der Waals surface area contributed by atoms with Crippen LogP contribution in [-0.2, 0) is 33.5 Å². The number of benzene rings is 1. The lowest BCUT2D eigenvalue weighted by Crippen LogP contribution is -2.62. The van der Waals surface area contributed by atoms with Crippen molar-refractivity contribution in [3.63, 3.8) is 0 Å². The summed E-state index contributed by atoms with van der Waals surface area (Å²) < 4.78 is 5.27. The Hall–Kier alpha value is -3.90. The van der Waals surface area contributed by atoms with E-state index in [0.717, 1.165) is 24.0 Å². The van der Waals surface area contributed by atoms with Crippen LogP contribution in [0.1, 0.15) is 103 Å². The first-order chi connectivity index (χ1) is 24.5. The van der Waals surface area contributed by atoms with Crippen molar-refractivity contribution in [3.05, 3.63) is 47.5 Å². The number of fused-ring (bicyclic) bond motifs is 5. The number of nitrogens with one attached hydrogen (secondary N) is 2. The van der Waals surface area contributed by atoms with E-state index in [-0.39, 0.29) is 73.5 Å². The van der Waals surface area contributed by atoms with Crippen molar-refractivity contribution < 1.29 is 48.8 Å². The summed E-state index contributed by atoms with van der Waals surface area (Å²) in [7, 11) is 0. The van der Waals surface area contributed by atoms with Gasteiger partial charge in [-0.2, -0.15) is 0 Å². The minimum absolute atomic E-state index is 0.0160. The standard InChI is InChI=1S/C40H54N2O10/c1-23(2)36(37(50)41-21-25(18-33(47)48)24-8-6-5-7-9-24)42-32(46)12-13-34(49)52-22-31(45)40(51)17-15-29-28-11-10-26-19-27(43)14-16-38(26,3)35(28)30(44)20-39(29,40)4/h5-9,19,23,25,28-30,35-36,44,51H,10-18,20-22H2,1-4H3,(H,41,50)(H,42,46)(H,47,48). The van der Waals surface area contributed by atoms with Crippen LogP contribution in [0.4, 0.5) is 0 Å². The van der Waals surface area contributed by atoms with E-state index in [1.807, 2.05) is 13.0 Å². The van der Waals surface area contributed by atoms with E-state index in [1.165, 1.54) is 0 Å². The van der Waals surface area contributed by atoms with Crippen LogP contribution in [0.5, 0.6) is 0 Å². The van der Waals surface area contributed by atoms with Gasteiger partial charge in [0.1, 0.15) is 11.6 Å². The summed E-state index contributed by atoms with van der Waals surface area (Å²) in [5, 5.41) is 38.3. The number of Topliss-reactive ketones (excluding diaryl/α,β-unsaturated/α-hetero) is 1. The molecular weight excluding hydrogens is 668 g/mol. The third-order valence-corrected chi connectivity index (χ3v) is 12.9. The second kappa shape index (κ2) is 15.6. The van der Waals surface area contributed by atoms with Gasteiger partial charge in [-0.05, 0) is 79.3 Å². The van der Waals surface area contributed by atoms with Gasteiger partial charge >= 0.3 is 11.9 Å². The molecule has 12 heteroatoms. The molecule has 9 unspecified atom stereocenters. The van der Waals surface area contributed by atoms with Crippen molar-refractivity contribution >= 4 is 35.3 Å². The molecule has 0 aromatic heterocycles. The molecule has 9 atom stereocenters. The fourth-order valence-electron chi connectivity index (χ4n) is 10.1. The predicted molar refractivity (Wildman–Crippen MR) is 189 cm³/mol. The van der Waals surface area contributed by atoms with Gasteiger partial charge in [-0.25, -0.2) is 0 Å². The number of carbonyl (C=O) groups is 6. The number of rotatable bonds is 14. The SMILES string of the molecule is CC(C)C(NC(=O)CCC(=O)OCC(=O)C1(O)CCC2C3CCC4=CC(=O)CCC4(C)C3C(O)CC21C)C(=O)NCC(CC(=O)O)c1ccccc1. The van der Waals surface area contributed by atoms with Crippen LogP contribution >= 0.6 is 0 Å². The Kier molecular flexibility index (Phi) is 11.8. The van der Waals surface area contributed by atoms with E-state index in [9.17, 15) is 44.1 Å². The molecule has 2 amide bonds. The highest BCUT2D eigenvalue weighted by molar-refractivity contribution is 5.93. The summed E-state index contributed by atoms with van der Waals surface area (Å²) in [6, 6.07) is 8.04. The van der Waals surface area contributed by atoms with Gasteiger partial charge in [0.05, 0.1) is 18.9 Å². The van der Waals surface area contributed by atoms with Crippen LogP contribution < -0.4 is 10.6 Å². The van der Waals surface area contributed by atoms with Crippen LogP contribution in [0.15, 0.2) is 42.0 Å². The van der Waals surface area contributed by atoms with Gasteiger partial charge in [0.25, 0.3) is 0 Å². The summed E-state index contributed by atoms with van der Waals surface area (Å²) in [6.07, 6.45) is 3.86. The minimum atomic E-state index is -1.79. The van der Waals surface area contributed by atoms with Gasteiger partial charge in [0.2, 0.25) is 17.6 Å². The number of allylic oxidation sites excluding steroid dienone is 1. The van der Waals surface area contributed by atoms with E-state index in [1.54, 1.807) is 44.2 Å². The molecular formula is C40H54N2O10. The number of carboxylic acid groups (broad SMARTS) is 1. The van der Waals surface area contributed by atoms with Crippen LogP contribution in [0.3, 0.4) is 0 Å². The first-order valence-electron chi connectivity index (χ1n) is 18.7. The molecule has 0 aliphatic heterocycles.